The minimum atomic E-state index is -1.17. The van der Waals surface area contributed by atoms with E-state index in [1.165, 1.54) is 14.2 Å². The van der Waals surface area contributed by atoms with Crippen LogP contribution < -0.4 is 9.47 Å². The minimum absolute atomic E-state index is 0.0478. The highest BCUT2D eigenvalue weighted by molar-refractivity contribution is 6.07. The lowest BCUT2D eigenvalue weighted by molar-refractivity contribution is 0.0693. The summed E-state index contributed by atoms with van der Waals surface area (Å²) in [5.74, 6) is -0.240. The summed E-state index contributed by atoms with van der Waals surface area (Å²) in [6, 6.07) is 6.76. The lowest BCUT2D eigenvalue weighted by Crippen LogP contribution is -2.09. The third-order valence-electron chi connectivity index (χ3n) is 3.90. The van der Waals surface area contributed by atoms with E-state index < -0.39 is 12.6 Å². The molecular formula is C18H16N2O5. The molecule has 0 amide bonds. The lowest BCUT2D eigenvalue weighted by atomic mass is 9.94. The van der Waals surface area contributed by atoms with Crippen LogP contribution in [0, 0.1) is 0 Å². The number of aliphatic hydroxyl groups excluding tert-OH is 1. The van der Waals surface area contributed by atoms with Gasteiger partial charge in [0, 0.05) is 29.4 Å². The Kier molecular flexibility index (Phi) is 4.49. The number of nitrogens with zero attached hydrogens (tertiary/aromatic N) is 2. The van der Waals surface area contributed by atoms with Gasteiger partial charge in [0.05, 0.1) is 37.6 Å². The SMILES string of the molecule is COc1cc2nc(CO)c(C(=O)O)c(-c3ccncc3)c2cc1OC. The second kappa shape index (κ2) is 6.74. The number of methoxy groups -OCH3 is 2. The Morgan fingerprint density at radius 1 is 1.12 bits per heavy atom. The third kappa shape index (κ3) is 2.85. The molecule has 0 radical (unpaired) electrons. The summed E-state index contributed by atoms with van der Waals surface area (Å²) in [4.78, 5) is 20.1. The number of aromatic carboxylic acids is 1. The normalized spacial score (nSPS) is 10.7. The highest BCUT2D eigenvalue weighted by atomic mass is 16.5. The van der Waals surface area contributed by atoms with Crippen LogP contribution in [0.5, 0.6) is 11.5 Å². The van der Waals surface area contributed by atoms with Crippen molar-refractivity contribution in [2.75, 3.05) is 14.2 Å². The quantitative estimate of drug-likeness (QED) is 0.735. The molecule has 0 fully saturated rings. The van der Waals surface area contributed by atoms with Gasteiger partial charge >= 0.3 is 5.97 Å². The molecule has 3 rings (SSSR count). The van der Waals surface area contributed by atoms with Crippen LogP contribution in [0.15, 0.2) is 36.7 Å². The fourth-order valence-corrected chi connectivity index (χ4v) is 2.80. The largest absolute Gasteiger partial charge is 0.493 e. The highest BCUT2D eigenvalue weighted by Gasteiger charge is 2.23. The molecule has 7 heteroatoms. The summed E-state index contributed by atoms with van der Waals surface area (Å²) >= 11 is 0. The van der Waals surface area contributed by atoms with Gasteiger partial charge in [-0.1, -0.05) is 0 Å². The van der Waals surface area contributed by atoms with Crippen LogP contribution in [-0.4, -0.2) is 40.4 Å². The number of rotatable bonds is 5. The van der Waals surface area contributed by atoms with Crippen molar-refractivity contribution in [3.63, 3.8) is 0 Å². The Morgan fingerprint density at radius 3 is 2.32 bits per heavy atom. The number of carboxylic acid groups (broad SMARTS) is 1. The molecule has 0 saturated carbocycles. The molecule has 0 aliphatic rings. The van der Waals surface area contributed by atoms with Crippen molar-refractivity contribution in [1.29, 1.82) is 0 Å². The fraction of sp³-hybridized carbons (Fsp3) is 0.167. The number of hydrogen-bond acceptors (Lipinski definition) is 6. The van der Waals surface area contributed by atoms with Gasteiger partial charge in [-0.05, 0) is 23.8 Å². The summed E-state index contributed by atoms with van der Waals surface area (Å²) in [5, 5.41) is 19.9. The second-order valence-corrected chi connectivity index (χ2v) is 5.23. The maximum Gasteiger partial charge on any atom is 0.338 e. The van der Waals surface area contributed by atoms with Gasteiger partial charge in [-0.15, -0.1) is 0 Å². The van der Waals surface area contributed by atoms with E-state index in [1.807, 2.05) is 0 Å². The molecular weight excluding hydrogens is 324 g/mol. The van der Waals surface area contributed by atoms with Crippen molar-refractivity contribution in [1.82, 2.24) is 9.97 Å². The zero-order valence-electron chi connectivity index (χ0n) is 13.7. The van der Waals surface area contributed by atoms with E-state index in [1.54, 1.807) is 36.7 Å². The number of carbonyl (C=O) groups is 1. The third-order valence-corrected chi connectivity index (χ3v) is 3.90. The van der Waals surface area contributed by atoms with Crippen molar-refractivity contribution in [2.45, 2.75) is 6.61 Å². The number of aromatic nitrogens is 2. The monoisotopic (exact) mass is 340 g/mol. The molecule has 2 N–H and O–H groups in total. The number of aliphatic hydroxyl groups is 1. The van der Waals surface area contributed by atoms with Gasteiger partial charge in [0.1, 0.15) is 0 Å². The Bertz CT molecular complexity index is 941. The Hall–Kier alpha value is -3.19. The molecule has 128 valence electrons. The van der Waals surface area contributed by atoms with Crippen LogP contribution in [0.1, 0.15) is 16.1 Å². The first-order chi connectivity index (χ1) is 12.1. The topological polar surface area (TPSA) is 102 Å². The Morgan fingerprint density at radius 2 is 1.76 bits per heavy atom. The van der Waals surface area contributed by atoms with Crippen LogP contribution in [0.3, 0.4) is 0 Å². The predicted octanol–water partition coefficient (Wildman–Crippen LogP) is 2.50. The van der Waals surface area contributed by atoms with Gasteiger partial charge in [-0.25, -0.2) is 9.78 Å². The first kappa shape index (κ1) is 16.7. The predicted molar refractivity (Wildman–Crippen MR) is 91.0 cm³/mol. The van der Waals surface area contributed by atoms with E-state index in [9.17, 15) is 15.0 Å². The maximum absolute atomic E-state index is 11.9. The van der Waals surface area contributed by atoms with Crippen LogP contribution >= 0.6 is 0 Å². The summed E-state index contributed by atoms with van der Waals surface area (Å²) < 4.78 is 10.6. The van der Waals surface area contributed by atoms with Gasteiger partial charge in [0.2, 0.25) is 0 Å². The standard InChI is InChI=1S/C18H16N2O5/c1-24-14-7-11-12(8-15(14)25-2)20-13(9-21)17(18(22)23)16(11)10-3-5-19-6-4-10/h3-8,21H,9H2,1-2H3,(H,22,23). The average molecular weight is 340 g/mol. The van der Waals surface area contributed by atoms with Crippen LogP contribution in [0.2, 0.25) is 0 Å². The zero-order chi connectivity index (χ0) is 18.0. The average Bonchev–Trinajstić information content (AvgIpc) is 2.65. The van der Waals surface area contributed by atoms with E-state index >= 15 is 0 Å². The first-order valence-electron chi connectivity index (χ1n) is 7.43. The van der Waals surface area contributed by atoms with Crippen molar-refractivity contribution in [2.24, 2.45) is 0 Å². The van der Waals surface area contributed by atoms with Gasteiger partial charge < -0.3 is 19.7 Å². The zero-order valence-corrected chi connectivity index (χ0v) is 13.7. The second-order valence-electron chi connectivity index (χ2n) is 5.23. The Balaban J connectivity index is 2.50. The Labute approximate surface area is 143 Å². The molecule has 0 aliphatic heterocycles. The van der Waals surface area contributed by atoms with Gasteiger partial charge in [0.15, 0.2) is 11.5 Å². The van der Waals surface area contributed by atoms with E-state index in [4.69, 9.17) is 9.47 Å². The summed E-state index contributed by atoms with van der Waals surface area (Å²) in [6.07, 6.45) is 3.15. The van der Waals surface area contributed by atoms with Gasteiger partial charge in [-0.3, -0.25) is 4.98 Å². The first-order valence-corrected chi connectivity index (χ1v) is 7.43. The van der Waals surface area contributed by atoms with E-state index in [2.05, 4.69) is 9.97 Å². The van der Waals surface area contributed by atoms with Crippen molar-refractivity contribution >= 4 is 16.9 Å². The number of benzene rings is 1. The minimum Gasteiger partial charge on any atom is -0.493 e. The van der Waals surface area contributed by atoms with Crippen LogP contribution in [-0.2, 0) is 6.61 Å². The molecule has 1 aromatic carbocycles. The lowest BCUT2D eigenvalue weighted by Gasteiger charge is -2.16. The number of hydrogen-bond donors (Lipinski definition) is 2. The number of pyridine rings is 2. The van der Waals surface area contributed by atoms with Crippen LogP contribution in [0.4, 0.5) is 0 Å². The number of fused-ring (bicyclic) bond motifs is 1. The molecule has 2 heterocycles. The molecule has 0 aliphatic carbocycles. The molecule has 0 bridgehead atoms. The molecule has 0 atom stereocenters. The fourth-order valence-electron chi connectivity index (χ4n) is 2.80. The molecule has 0 unspecified atom stereocenters. The van der Waals surface area contributed by atoms with Crippen molar-refractivity contribution in [3.8, 4) is 22.6 Å². The molecule has 3 aromatic rings. The smallest absolute Gasteiger partial charge is 0.338 e. The number of ether oxygens (including phenoxy) is 2. The molecule has 2 aromatic heterocycles. The van der Waals surface area contributed by atoms with E-state index in [0.717, 1.165) is 0 Å². The van der Waals surface area contributed by atoms with Crippen molar-refractivity contribution < 1.29 is 24.5 Å². The molecule has 0 saturated heterocycles. The molecule has 7 nitrogen and oxygen atoms in total. The van der Waals surface area contributed by atoms with E-state index in [-0.39, 0.29) is 11.3 Å². The summed E-state index contributed by atoms with van der Waals surface area (Å²) in [7, 11) is 3.01. The van der Waals surface area contributed by atoms with E-state index in [0.29, 0.717) is 33.5 Å². The van der Waals surface area contributed by atoms with Gasteiger partial charge in [-0.2, -0.15) is 0 Å². The van der Waals surface area contributed by atoms with Crippen molar-refractivity contribution in [3.05, 3.63) is 47.9 Å². The van der Waals surface area contributed by atoms with Crippen LogP contribution in [0.25, 0.3) is 22.0 Å². The maximum atomic E-state index is 11.9. The summed E-state index contributed by atoms with van der Waals surface area (Å²) in [6.45, 7) is -0.496. The highest BCUT2D eigenvalue weighted by Crippen LogP contribution is 2.39. The molecule has 25 heavy (non-hydrogen) atoms. The summed E-state index contributed by atoms with van der Waals surface area (Å²) in [5.41, 5.74) is 1.64. The van der Waals surface area contributed by atoms with Gasteiger partial charge in [0.25, 0.3) is 0 Å². The molecule has 0 spiro atoms. The number of carboxylic acids is 1.